The van der Waals surface area contributed by atoms with Crippen molar-refractivity contribution in [3.63, 3.8) is 0 Å². The van der Waals surface area contributed by atoms with Gasteiger partial charge in [-0.2, -0.15) is 0 Å². The Balaban J connectivity index is 1.91. The molecule has 0 amide bonds. The summed E-state index contributed by atoms with van der Waals surface area (Å²) in [6.07, 6.45) is 3.81. The molecule has 1 unspecified atom stereocenters. The summed E-state index contributed by atoms with van der Waals surface area (Å²) >= 11 is 0. The van der Waals surface area contributed by atoms with Crippen LogP contribution in [0, 0.1) is 13.8 Å². The van der Waals surface area contributed by atoms with Gasteiger partial charge < -0.3 is 9.30 Å². The van der Waals surface area contributed by atoms with Gasteiger partial charge in [0.2, 0.25) is 0 Å². The molecule has 2 rings (SSSR count). The highest BCUT2D eigenvalue weighted by Gasteiger charge is 2.19. The largest absolute Gasteiger partial charge is 0.377 e. The molecule has 0 bridgehead atoms. The average molecular weight is 278 g/mol. The van der Waals surface area contributed by atoms with Crippen LogP contribution in [-0.2, 0) is 11.8 Å². The van der Waals surface area contributed by atoms with Crippen LogP contribution in [0.25, 0.3) is 0 Å². The van der Waals surface area contributed by atoms with Crippen LogP contribution in [0.1, 0.15) is 41.0 Å². The van der Waals surface area contributed by atoms with Gasteiger partial charge in [0.1, 0.15) is 0 Å². The smallest absolute Gasteiger partial charge is 0.178 e. The number of Topliss-reactive ketones (excluding diaryl/α,β-unsaturated/α-hetero) is 1. The van der Waals surface area contributed by atoms with Crippen LogP contribution in [0.15, 0.2) is 6.07 Å². The molecule has 20 heavy (non-hydrogen) atoms. The Morgan fingerprint density at radius 3 is 2.75 bits per heavy atom. The van der Waals surface area contributed by atoms with Gasteiger partial charge in [0.05, 0.1) is 12.6 Å². The average Bonchev–Trinajstić information content (AvgIpc) is 2.67. The van der Waals surface area contributed by atoms with Crippen LogP contribution < -0.4 is 0 Å². The maximum atomic E-state index is 12.4. The predicted molar refractivity (Wildman–Crippen MR) is 80.3 cm³/mol. The number of hydrogen-bond donors (Lipinski definition) is 0. The summed E-state index contributed by atoms with van der Waals surface area (Å²) in [5, 5.41) is 0. The van der Waals surface area contributed by atoms with Gasteiger partial charge in [-0.1, -0.05) is 0 Å². The Hall–Kier alpha value is -1.13. The van der Waals surface area contributed by atoms with Crippen LogP contribution in [0.4, 0.5) is 0 Å². The van der Waals surface area contributed by atoms with Gasteiger partial charge in [-0.25, -0.2) is 0 Å². The van der Waals surface area contributed by atoms with E-state index in [1.54, 1.807) is 0 Å². The number of nitrogens with zero attached hydrogens (tertiary/aromatic N) is 2. The first-order valence-electron chi connectivity index (χ1n) is 7.45. The second kappa shape index (κ2) is 6.55. The predicted octanol–water partition coefficient (Wildman–Crippen LogP) is 2.33. The topological polar surface area (TPSA) is 34.5 Å². The summed E-state index contributed by atoms with van der Waals surface area (Å²) in [4.78, 5) is 14.5. The van der Waals surface area contributed by atoms with Crippen LogP contribution in [0.2, 0.25) is 0 Å². The number of aryl methyl sites for hydroxylation is 1. The van der Waals surface area contributed by atoms with E-state index < -0.39 is 0 Å². The first kappa shape index (κ1) is 15.3. The third-order valence-electron chi connectivity index (χ3n) is 4.28. The highest BCUT2D eigenvalue weighted by molar-refractivity contribution is 5.99. The van der Waals surface area contributed by atoms with Crippen molar-refractivity contribution in [2.45, 2.75) is 39.2 Å². The molecule has 0 spiro atoms. The molecule has 0 saturated carbocycles. The Morgan fingerprint density at radius 2 is 2.20 bits per heavy atom. The molecule has 112 valence electrons. The van der Waals surface area contributed by atoms with E-state index in [-0.39, 0.29) is 5.78 Å². The van der Waals surface area contributed by atoms with E-state index in [9.17, 15) is 4.79 Å². The molecule has 0 radical (unpaired) electrons. The fraction of sp³-hybridized carbons (Fsp3) is 0.688. The van der Waals surface area contributed by atoms with Crippen molar-refractivity contribution in [2.75, 3.05) is 26.7 Å². The Bertz CT molecular complexity index is 473. The minimum Gasteiger partial charge on any atom is -0.377 e. The molecule has 0 N–H and O–H groups in total. The van der Waals surface area contributed by atoms with Crippen LogP contribution in [-0.4, -0.2) is 48.1 Å². The summed E-state index contributed by atoms with van der Waals surface area (Å²) in [6, 6.07) is 1.99. The zero-order valence-corrected chi connectivity index (χ0v) is 13.1. The fourth-order valence-corrected chi connectivity index (χ4v) is 2.83. The van der Waals surface area contributed by atoms with Gasteiger partial charge in [0.15, 0.2) is 5.78 Å². The van der Waals surface area contributed by atoms with Crippen molar-refractivity contribution in [3.05, 3.63) is 23.0 Å². The van der Waals surface area contributed by atoms with Crippen molar-refractivity contribution in [2.24, 2.45) is 7.05 Å². The number of aromatic nitrogens is 1. The quantitative estimate of drug-likeness (QED) is 0.775. The minimum atomic E-state index is 0.199. The Kier molecular flexibility index (Phi) is 5.00. The highest BCUT2D eigenvalue weighted by Crippen LogP contribution is 2.16. The third kappa shape index (κ3) is 3.49. The van der Waals surface area contributed by atoms with E-state index in [2.05, 4.69) is 9.47 Å². The van der Waals surface area contributed by atoms with Crippen LogP contribution in [0.5, 0.6) is 0 Å². The van der Waals surface area contributed by atoms with Crippen molar-refractivity contribution >= 4 is 5.78 Å². The molecule has 1 aromatic rings. The summed E-state index contributed by atoms with van der Waals surface area (Å²) in [7, 11) is 4.00. The molecule has 1 aromatic heterocycles. The molecule has 1 atom stereocenters. The van der Waals surface area contributed by atoms with Crippen molar-refractivity contribution in [1.82, 2.24) is 9.47 Å². The number of ketones is 1. The lowest BCUT2D eigenvalue weighted by molar-refractivity contribution is -0.000671. The highest BCUT2D eigenvalue weighted by atomic mass is 16.5. The summed E-state index contributed by atoms with van der Waals surface area (Å²) < 4.78 is 7.79. The molecule has 1 aliphatic heterocycles. The Morgan fingerprint density at radius 1 is 1.45 bits per heavy atom. The second-order valence-electron chi connectivity index (χ2n) is 5.95. The molecule has 2 heterocycles. The lowest BCUT2D eigenvalue weighted by Crippen LogP contribution is -2.36. The summed E-state index contributed by atoms with van der Waals surface area (Å²) in [6.45, 7) is 6.21. The third-order valence-corrected chi connectivity index (χ3v) is 4.28. The van der Waals surface area contributed by atoms with E-state index in [1.807, 2.05) is 34.0 Å². The number of hydrogen-bond acceptors (Lipinski definition) is 3. The number of rotatable bonds is 5. The van der Waals surface area contributed by atoms with E-state index in [0.717, 1.165) is 36.5 Å². The number of carbonyl (C=O) groups is 1. The van der Waals surface area contributed by atoms with E-state index in [1.165, 1.54) is 12.8 Å². The van der Waals surface area contributed by atoms with E-state index >= 15 is 0 Å². The molecule has 4 nitrogen and oxygen atoms in total. The zero-order chi connectivity index (χ0) is 14.7. The molecule has 4 heteroatoms. The number of likely N-dealkylation sites (N-methyl/N-ethyl adjacent to an activating group) is 1. The number of carbonyl (C=O) groups excluding carboxylic acids is 1. The molecule has 0 aromatic carbocycles. The lowest BCUT2D eigenvalue weighted by atomic mass is 10.1. The van der Waals surface area contributed by atoms with Crippen LogP contribution >= 0.6 is 0 Å². The van der Waals surface area contributed by atoms with Crippen LogP contribution in [0.3, 0.4) is 0 Å². The molecular weight excluding hydrogens is 252 g/mol. The van der Waals surface area contributed by atoms with Gasteiger partial charge in [-0.05, 0) is 46.2 Å². The van der Waals surface area contributed by atoms with Gasteiger partial charge in [0.25, 0.3) is 0 Å². The van der Waals surface area contributed by atoms with Crippen molar-refractivity contribution in [1.29, 1.82) is 0 Å². The van der Waals surface area contributed by atoms with Gasteiger partial charge in [0, 0.05) is 37.2 Å². The standard InChI is InChI=1S/C16H26N2O2/c1-12-9-15(13(2)18(12)4)16(19)11-17(3)10-14-7-5-6-8-20-14/h9,14H,5-8,10-11H2,1-4H3. The van der Waals surface area contributed by atoms with Gasteiger partial charge in [-0.15, -0.1) is 0 Å². The molecule has 1 fully saturated rings. The van der Waals surface area contributed by atoms with Crippen molar-refractivity contribution < 1.29 is 9.53 Å². The zero-order valence-electron chi connectivity index (χ0n) is 13.1. The first-order chi connectivity index (χ1) is 9.49. The van der Waals surface area contributed by atoms with Gasteiger partial charge in [-0.3, -0.25) is 9.69 Å². The maximum absolute atomic E-state index is 12.4. The monoisotopic (exact) mass is 278 g/mol. The molecule has 1 aliphatic rings. The lowest BCUT2D eigenvalue weighted by Gasteiger charge is -2.27. The SMILES string of the molecule is Cc1cc(C(=O)CN(C)CC2CCCCO2)c(C)n1C. The van der Waals surface area contributed by atoms with E-state index in [0.29, 0.717) is 12.6 Å². The Labute approximate surface area is 121 Å². The second-order valence-corrected chi connectivity index (χ2v) is 5.95. The van der Waals surface area contributed by atoms with E-state index in [4.69, 9.17) is 4.74 Å². The molecule has 0 aliphatic carbocycles. The molecule has 1 saturated heterocycles. The molecular formula is C16H26N2O2. The van der Waals surface area contributed by atoms with Gasteiger partial charge >= 0.3 is 0 Å². The normalized spacial score (nSPS) is 19.6. The summed E-state index contributed by atoms with van der Waals surface area (Å²) in [5.74, 6) is 0.199. The minimum absolute atomic E-state index is 0.199. The fourth-order valence-electron chi connectivity index (χ4n) is 2.83. The number of ether oxygens (including phenoxy) is 1. The maximum Gasteiger partial charge on any atom is 0.178 e. The van der Waals surface area contributed by atoms with Crippen molar-refractivity contribution in [3.8, 4) is 0 Å². The summed E-state index contributed by atoms with van der Waals surface area (Å²) in [5.41, 5.74) is 3.03. The first-order valence-corrected chi connectivity index (χ1v) is 7.45.